The zero-order chi connectivity index (χ0) is 15.5. The Morgan fingerprint density at radius 2 is 1.76 bits per heavy atom. The van der Waals surface area contributed by atoms with Crippen LogP contribution in [0.3, 0.4) is 0 Å². The largest absolute Gasteiger partial charge is 0.298 e. The van der Waals surface area contributed by atoms with Gasteiger partial charge in [0, 0.05) is 6.04 Å². The quantitative estimate of drug-likeness (QED) is 0.784. The average Bonchev–Trinajstić information content (AvgIpc) is 2.85. The summed E-state index contributed by atoms with van der Waals surface area (Å²) < 4.78 is 0. The van der Waals surface area contributed by atoms with Crippen LogP contribution in [-0.2, 0) is 5.54 Å². The second kappa shape index (κ2) is 4.21. The SMILES string of the molecule is CC1NC(C)(c2ccccc2)C2=C1C(C)(C#N)CC2(C)C. The molecule has 1 heterocycles. The molecule has 2 aliphatic rings. The average molecular weight is 280 g/mol. The van der Waals surface area contributed by atoms with Crippen molar-refractivity contribution >= 4 is 0 Å². The molecule has 0 saturated carbocycles. The molecule has 1 aromatic carbocycles. The van der Waals surface area contributed by atoms with E-state index in [-0.39, 0.29) is 22.4 Å². The number of nitrogens with one attached hydrogen (secondary N) is 1. The zero-order valence-electron chi connectivity index (χ0n) is 13.6. The van der Waals surface area contributed by atoms with Crippen LogP contribution in [0.4, 0.5) is 0 Å². The Morgan fingerprint density at radius 3 is 2.33 bits per heavy atom. The molecule has 3 atom stereocenters. The molecule has 3 rings (SSSR count). The topological polar surface area (TPSA) is 35.8 Å². The highest BCUT2D eigenvalue weighted by Crippen LogP contribution is 2.61. The van der Waals surface area contributed by atoms with Gasteiger partial charge < -0.3 is 0 Å². The Morgan fingerprint density at radius 1 is 1.14 bits per heavy atom. The molecule has 1 aliphatic heterocycles. The minimum absolute atomic E-state index is 0.0438. The Hall–Kier alpha value is -1.59. The summed E-state index contributed by atoms with van der Waals surface area (Å²) in [6.45, 7) is 11.1. The van der Waals surface area contributed by atoms with Crippen LogP contribution in [0, 0.1) is 22.2 Å². The van der Waals surface area contributed by atoms with Crippen molar-refractivity contribution < 1.29 is 0 Å². The summed E-state index contributed by atoms with van der Waals surface area (Å²) in [5.41, 5.74) is 3.56. The maximum atomic E-state index is 9.75. The molecule has 0 amide bonds. The van der Waals surface area contributed by atoms with Gasteiger partial charge in [-0.05, 0) is 49.3 Å². The van der Waals surface area contributed by atoms with Gasteiger partial charge >= 0.3 is 0 Å². The Kier molecular flexibility index (Phi) is 2.88. The van der Waals surface area contributed by atoms with Crippen LogP contribution in [-0.4, -0.2) is 6.04 Å². The summed E-state index contributed by atoms with van der Waals surface area (Å²) >= 11 is 0. The number of hydrogen-bond donors (Lipinski definition) is 1. The Bertz CT molecular complexity index is 650. The molecule has 0 spiro atoms. The van der Waals surface area contributed by atoms with E-state index in [0.717, 1.165) is 6.42 Å². The van der Waals surface area contributed by atoms with Crippen LogP contribution in [0.15, 0.2) is 41.5 Å². The third kappa shape index (κ3) is 1.80. The number of hydrogen-bond acceptors (Lipinski definition) is 2. The van der Waals surface area contributed by atoms with Crippen molar-refractivity contribution in [2.45, 2.75) is 52.6 Å². The molecule has 21 heavy (non-hydrogen) atoms. The van der Waals surface area contributed by atoms with Crippen molar-refractivity contribution in [3.63, 3.8) is 0 Å². The van der Waals surface area contributed by atoms with Crippen molar-refractivity contribution in [2.75, 3.05) is 0 Å². The van der Waals surface area contributed by atoms with Gasteiger partial charge in [-0.2, -0.15) is 5.26 Å². The Balaban J connectivity index is 2.25. The summed E-state index contributed by atoms with van der Waals surface area (Å²) in [5.74, 6) is 0. The molecule has 1 aliphatic carbocycles. The molecular weight excluding hydrogens is 256 g/mol. The lowest BCUT2D eigenvalue weighted by Crippen LogP contribution is -2.44. The molecule has 0 saturated heterocycles. The Labute approximate surface area is 127 Å². The monoisotopic (exact) mass is 280 g/mol. The molecule has 0 fully saturated rings. The summed E-state index contributed by atoms with van der Waals surface area (Å²) in [7, 11) is 0. The van der Waals surface area contributed by atoms with Crippen LogP contribution in [0.5, 0.6) is 0 Å². The summed E-state index contributed by atoms with van der Waals surface area (Å²) in [6.07, 6.45) is 0.912. The van der Waals surface area contributed by atoms with E-state index in [1.165, 1.54) is 16.7 Å². The highest BCUT2D eigenvalue weighted by molar-refractivity contribution is 5.53. The van der Waals surface area contributed by atoms with Gasteiger partial charge in [0.15, 0.2) is 0 Å². The van der Waals surface area contributed by atoms with Crippen molar-refractivity contribution in [3.05, 3.63) is 47.0 Å². The van der Waals surface area contributed by atoms with Crippen LogP contribution < -0.4 is 5.32 Å². The second-order valence-corrected chi connectivity index (χ2v) is 7.65. The van der Waals surface area contributed by atoms with Gasteiger partial charge in [-0.3, -0.25) is 5.32 Å². The van der Waals surface area contributed by atoms with E-state index in [9.17, 15) is 5.26 Å². The number of nitrogens with zero attached hydrogens (tertiary/aromatic N) is 1. The highest BCUT2D eigenvalue weighted by Gasteiger charge is 2.58. The highest BCUT2D eigenvalue weighted by atomic mass is 15.1. The molecule has 0 aromatic heterocycles. The van der Waals surface area contributed by atoms with E-state index < -0.39 is 0 Å². The van der Waals surface area contributed by atoms with Gasteiger partial charge in [0.2, 0.25) is 0 Å². The molecule has 0 bridgehead atoms. The minimum Gasteiger partial charge on any atom is -0.298 e. The lowest BCUT2D eigenvalue weighted by Gasteiger charge is -2.38. The molecule has 2 heteroatoms. The van der Waals surface area contributed by atoms with Crippen LogP contribution in [0.25, 0.3) is 0 Å². The van der Waals surface area contributed by atoms with E-state index in [4.69, 9.17) is 0 Å². The maximum absolute atomic E-state index is 9.75. The molecule has 1 N–H and O–H groups in total. The number of rotatable bonds is 1. The van der Waals surface area contributed by atoms with E-state index in [2.05, 4.69) is 76.3 Å². The molecule has 110 valence electrons. The van der Waals surface area contributed by atoms with Gasteiger partial charge in [0.25, 0.3) is 0 Å². The zero-order valence-corrected chi connectivity index (χ0v) is 13.6. The van der Waals surface area contributed by atoms with Gasteiger partial charge in [0.05, 0.1) is 17.0 Å². The first-order valence-electron chi connectivity index (χ1n) is 7.75. The van der Waals surface area contributed by atoms with Gasteiger partial charge in [-0.25, -0.2) is 0 Å². The smallest absolute Gasteiger partial charge is 0.0781 e. The van der Waals surface area contributed by atoms with E-state index in [1.807, 2.05) is 0 Å². The van der Waals surface area contributed by atoms with Gasteiger partial charge in [0.1, 0.15) is 0 Å². The fourth-order valence-corrected chi connectivity index (χ4v) is 5.02. The fraction of sp³-hybridized carbons (Fsp3) is 0.526. The normalized spacial score (nSPS) is 37.4. The lowest BCUT2D eigenvalue weighted by molar-refractivity contribution is 0.278. The van der Waals surface area contributed by atoms with Crippen LogP contribution in [0.1, 0.15) is 46.6 Å². The van der Waals surface area contributed by atoms with Crippen molar-refractivity contribution in [2.24, 2.45) is 10.8 Å². The molecule has 1 aromatic rings. The van der Waals surface area contributed by atoms with Gasteiger partial charge in [-0.1, -0.05) is 44.2 Å². The third-order valence-electron chi connectivity index (χ3n) is 5.37. The standard InChI is InChI=1S/C19H24N2/c1-13-15-16(17(2,3)11-18(15,4)12-20)19(5,21-13)14-9-7-6-8-10-14/h6-10,13,21H,11H2,1-5H3. The summed E-state index contributed by atoms with van der Waals surface area (Å²) in [4.78, 5) is 0. The predicted octanol–water partition coefficient (Wildman–Crippen LogP) is 4.15. The first-order chi connectivity index (χ1) is 9.74. The molecular formula is C19H24N2. The lowest BCUT2D eigenvalue weighted by atomic mass is 9.72. The van der Waals surface area contributed by atoms with E-state index >= 15 is 0 Å². The number of nitriles is 1. The maximum Gasteiger partial charge on any atom is 0.0781 e. The molecule has 3 unspecified atom stereocenters. The molecule has 2 nitrogen and oxygen atoms in total. The van der Waals surface area contributed by atoms with Crippen LogP contribution in [0.2, 0.25) is 0 Å². The van der Waals surface area contributed by atoms with Crippen molar-refractivity contribution in [1.82, 2.24) is 5.32 Å². The second-order valence-electron chi connectivity index (χ2n) is 7.65. The summed E-state index contributed by atoms with van der Waals surface area (Å²) in [6, 6.07) is 13.5. The summed E-state index contributed by atoms with van der Waals surface area (Å²) in [5, 5.41) is 13.5. The fourth-order valence-electron chi connectivity index (χ4n) is 5.02. The first-order valence-corrected chi connectivity index (χ1v) is 7.75. The van der Waals surface area contributed by atoms with Gasteiger partial charge in [-0.15, -0.1) is 0 Å². The molecule has 0 radical (unpaired) electrons. The van der Waals surface area contributed by atoms with Crippen molar-refractivity contribution in [3.8, 4) is 6.07 Å². The van der Waals surface area contributed by atoms with E-state index in [1.54, 1.807) is 0 Å². The van der Waals surface area contributed by atoms with Crippen LogP contribution >= 0.6 is 0 Å². The third-order valence-corrected chi connectivity index (χ3v) is 5.37. The number of benzene rings is 1. The van der Waals surface area contributed by atoms with E-state index in [0.29, 0.717) is 0 Å². The minimum atomic E-state index is -0.349. The predicted molar refractivity (Wildman–Crippen MR) is 85.5 cm³/mol. The first kappa shape index (κ1) is 14.4. The van der Waals surface area contributed by atoms with Crippen molar-refractivity contribution in [1.29, 1.82) is 5.26 Å².